The van der Waals surface area contributed by atoms with Gasteiger partial charge in [-0.25, -0.2) is 4.79 Å². The quantitative estimate of drug-likeness (QED) is 0.112. The largest absolute Gasteiger partial charge is 0.508 e. The van der Waals surface area contributed by atoms with E-state index in [1.165, 1.54) is 16.7 Å². The molecular formula is C43H45F2N7O10. The molecule has 1 unspecified atom stereocenters. The molecule has 0 spiro atoms. The molecule has 17 nitrogen and oxygen atoms in total. The Morgan fingerprint density at radius 1 is 0.968 bits per heavy atom. The second kappa shape index (κ2) is 17.8. The van der Waals surface area contributed by atoms with E-state index in [4.69, 9.17) is 9.47 Å². The monoisotopic (exact) mass is 857 g/mol. The van der Waals surface area contributed by atoms with Gasteiger partial charge in [-0.3, -0.25) is 23.5 Å². The van der Waals surface area contributed by atoms with E-state index in [-0.39, 0.29) is 58.4 Å². The van der Waals surface area contributed by atoms with Crippen LogP contribution in [-0.4, -0.2) is 112 Å². The SMILES string of the molecule is CCNC(=O)c1nnc(-c2cc(C(C)C)c(O)cc2O)n1-c1ccc(Oc2ccc(C(=O)N3CCC(C(=O)Cc4ccn([C@@H]5OC(CO)[C@@H](O)C5(F)F)c(=O)n4)CC3)cc2)cc1. The van der Waals surface area contributed by atoms with E-state index in [2.05, 4.69) is 20.5 Å². The summed E-state index contributed by atoms with van der Waals surface area (Å²) in [5.74, 6) is -4.52. The Labute approximate surface area is 353 Å². The first kappa shape index (κ1) is 43.5. The molecule has 5 aromatic rings. The average molecular weight is 858 g/mol. The maximum Gasteiger partial charge on any atom is 0.350 e. The van der Waals surface area contributed by atoms with E-state index in [0.717, 1.165) is 6.20 Å². The number of Topliss-reactive ketones (excluding diaryl/α,β-unsaturated/α-hetero) is 1. The topological polar surface area (TPSA) is 231 Å². The minimum atomic E-state index is -3.86. The van der Waals surface area contributed by atoms with Gasteiger partial charge in [-0.2, -0.15) is 13.8 Å². The van der Waals surface area contributed by atoms with E-state index >= 15 is 0 Å². The first-order valence-electron chi connectivity index (χ1n) is 20.0. The van der Waals surface area contributed by atoms with Gasteiger partial charge in [0.15, 0.2) is 11.9 Å². The number of alkyl halides is 2. The highest BCUT2D eigenvalue weighted by molar-refractivity contribution is 5.95. The summed E-state index contributed by atoms with van der Waals surface area (Å²) < 4.78 is 42.2. The smallest absolute Gasteiger partial charge is 0.350 e. The number of phenolic OH excluding ortho intramolecular Hbond substituents is 2. The molecule has 2 aliphatic heterocycles. The van der Waals surface area contributed by atoms with Crippen LogP contribution in [0.4, 0.5) is 8.78 Å². The van der Waals surface area contributed by atoms with Crippen molar-refractivity contribution in [3.05, 3.63) is 106 Å². The number of aromatic hydroxyl groups is 2. The lowest BCUT2D eigenvalue weighted by atomic mass is 9.90. The summed E-state index contributed by atoms with van der Waals surface area (Å²) in [7, 11) is 0. The van der Waals surface area contributed by atoms with Gasteiger partial charge in [0.05, 0.1) is 17.9 Å². The fraction of sp³-hybridized carbons (Fsp3) is 0.372. The highest BCUT2D eigenvalue weighted by Gasteiger charge is 2.59. The number of likely N-dealkylation sites (tertiary alicyclic amines) is 1. The molecule has 4 heterocycles. The predicted molar refractivity (Wildman–Crippen MR) is 217 cm³/mol. The summed E-state index contributed by atoms with van der Waals surface area (Å²) in [6.45, 7) is 5.64. The number of halogens is 2. The van der Waals surface area contributed by atoms with Crippen LogP contribution in [0.5, 0.6) is 23.0 Å². The van der Waals surface area contributed by atoms with Gasteiger partial charge >= 0.3 is 11.6 Å². The van der Waals surface area contributed by atoms with Gasteiger partial charge in [0, 0.05) is 55.5 Å². The lowest BCUT2D eigenvalue weighted by Gasteiger charge is -2.31. The number of aromatic nitrogens is 5. The van der Waals surface area contributed by atoms with E-state index in [9.17, 15) is 48.4 Å². The molecule has 326 valence electrons. The molecular weight excluding hydrogens is 813 g/mol. The van der Waals surface area contributed by atoms with Crippen molar-refractivity contribution in [3.63, 3.8) is 0 Å². The summed E-state index contributed by atoms with van der Waals surface area (Å²) in [5.41, 5.74) is 0.740. The van der Waals surface area contributed by atoms with Crippen molar-refractivity contribution in [3.8, 4) is 40.1 Å². The van der Waals surface area contributed by atoms with Gasteiger partial charge in [-0.15, -0.1) is 10.2 Å². The first-order valence-corrected chi connectivity index (χ1v) is 20.0. The Kier molecular flexibility index (Phi) is 12.5. The Morgan fingerprint density at radius 2 is 1.63 bits per heavy atom. The second-order valence-electron chi connectivity index (χ2n) is 15.4. The molecule has 3 atom stereocenters. The van der Waals surface area contributed by atoms with E-state index in [1.54, 1.807) is 66.4 Å². The van der Waals surface area contributed by atoms with Gasteiger partial charge in [-0.1, -0.05) is 13.8 Å². The molecule has 19 heteroatoms. The lowest BCUT2D eigenvalue weighted by molar-refractivity contribution is -0.141. The van der Waals surface area contributed by atoms with E-state index in [1.807, 2.05) is 13.8 Å². The van der Waals surface area contributed by atoms with Crippen LogP contribution in [-0.2, 0) is 16.0 Å². The number of carbonyl (C=O) groups is 3. The standard InChI is InChI=1S/C43H45F2N7O10/c1-4-46-39(58)38-49-48-37(31-20-30(23(2)3)33(55)21-34(31)56)52(38)27-7-11-29(12-8-27)61-28-9-5-25(6-10-28)40(59)50-16-13-24(14-17-50)32(54)19-26-15-18-51(42(60)47-26)41-43(44,45)36(57)35(22-53)62-41/h5-12,15,18,20-21,23-24,35-36,41,53,55-57H,4,13-14,16-17,19,22H2,1-3H3,(H,46,58)/t35?,36-,41-/m1/s1. The highest BCUT2D eigenvalue weighted by atomic mass is 19.3. The van der Waals surface area contributed by atoms with Crippen LogP contribution in [0.3, 0.4) is 0 Å². The third-order valence-electron chi connectivity index (χ3n) is 10.9. The Morgan fingerprint density at radius 3 is 2.23 bits per heavy atom. The molecule has 0 saturated carbocycles. The van der Waals surface area contributed by atoms with Gasteiger partial charge in [0.25, 0.3) is 11.8 Å². The van der Waals surface area contributed by atoms with Crippen molar-refractivity contribution < 1.29 is 53.1 Å². The Hall–Kier alpha value is -6.57. The number of nitrogens with zero attached hydrogens (tertiary/aromatic N) is 6. The number of piperidine rings is 1. The summed E-state index contributed by atoms with van der Waals surface area (Å²) in [6, 6.07) is 17.4. The number of rotatable bonds is 13. The number of hydrogen-bond acceptors (Lipinski definition) is 13. The molecule has 3 aromatic carbocycles. The summed E-state index contributed by atoms with van der Waals surface area (Å²) in [4.78, 5) is 57.6. The molecule has 2 amide bonds. The highest BCUT2D eigenvalue weighted by Crippen LogP contribution is 2.42. The van der Waals surface area contributed by atoms with Crippen molar-refractivity contribution >= 4 is 17.6 Å². The van der Waals surface area contributed by atoms with Crippen molar-refractivity contribution in [1.29, 1.82) is 0 Å². The van der Waals surface area contributed by atoms with E-state index in [0.29, 0.717) is 65.4 Å². The molecule has 0 radical (unpaired) electrons. The van der Waals surface area contributed by atoms with Crippen molar-refractivity contribution in [2.45, 2.75) is 70.3 Å². The number of ether oxygens (including phenoxy) is 2. The number of nitrogens with one attached hydrogen (secondary N) is 1. The Balaban J connectivity index is 0.962. The normalized spacial score (nSPS) is 18.8. The molecule has 5 N–H and O–H groups in total. The van der Waals surface area contributed by atoms with Gasteiger partial charge in [0.2, 0.25) is 12.1 Å². The number of phenols is 2. The molecule has 2 aliphatic rings. The maximum atomic E-state index is 14.5. The number of benzene rings is 3. The van der Waals surface area contributed by atoms with Crippen LogP contribution in [0.15, 0.2) is 77.7 Å². The summed E-state index contributed by atoms with van der Waals surface area (Å²) >= 11 is 0. The lowest BCUT2D eigenvalue weighted by Crippen LogP contribution is -2.42. The summed E-state index contributed by atoms with van der Waals surface area (Å²) in [6.07, 6.45) is -4.51. The van der Waals surface area contributed by atoms with Gasteiger partial charge in [0.1, 0.15) is 34.9 Å². The molecule has 2 fully saturated rings. The van der Waals surface area contributed by atoms with Crippen molar-refractivity contribution in [1.82, 2.24) is 34.5 Å². The van der Waals surface area contributed by atoms with E-state index < -0.39 is 48.5 Å². The number of hydrogen-bond donors (Lipinski definition) is 5. The molecule has 2 aromatic heterocycles. The van der Waals surface area contributed by atoms with Gasteiger partial charge in [-0.05, 0) is 91.9 Å². The predicted octanol–water partition coefficient (Wildman–Crippen LogP) is 4.12. The van der Waals surface area contributed by atoms with Crippen LogP contribution in [0.25, 0.3) is 17.1 Å². The van der Waals surface area contributed by atoms with Crippen LogP contribution < -0.4 is 15.7 Å². The average Bonchev–Trinajstić information content (AvgIpc) is 3.79. The molecule has 7 rings (SSSR count). The minimum Gasteiger partial charge on any atom is -0.508 e. The van der Waals surface area contributed by atoms with Crippen LogP contribution >= 0.6 is 0 Å². The Bertz CT molecular complexity index is 2520. The van der Waals surface area contributed by atoms with Crippen LogP contribution in [0.1, 0.15) is 78.0 Å². The van der Waals surface area contributed by atoms with Gasteiger partial charge < -0.3 is 40.1 Å². The molecule has 62 heavy (non-hydrogen) atoms. The first-order chi connectivity index (χ1) is 29.6. The molecule has 2 saturated heterocycles. The zero-order valence-electron chi connectivity index (χ0n) is 33.9. The number of aliphatic hydroxyl groups excluding tert-OH is 2. The third kappa shape index (κ3) is 8.63. The van der Waals surface area contributed by atoms with Crippen molar-refractivity contribution in [2.75, 3.05) is 26.2 Å². The number of amides is 2. The fourth-order valence-corrected chi connectivity index (χ4v) is 7.54. The van der Waals surface area contributed by atoms with Crippen LogP contribution in [0, 0.1) is 5.92 Å². The maximum absolute atomic E-state index is 14.5. The third-order valence-corrected chi connectivity index (χ3v) is 10.9. The van der Waals surface area contributed by atoms with Crippen molar-refractivity contribution in [2.24, 2.45) is 5.92 Å². The number of ketones is 1. The molecule has 0 bridgehead atoms. The minimum absolute atomic E-state index is 0.0159. The summed E-state index contributed by atoms with van der Waals surface area (Å²) in [5, 5.41) is 51.3. The second-order valence-corrected chi connectivity index (χ2v) is 15.4. The molecule has 0 aliphatic carbocycles. The number of carbonyl (C=O) groups excluding carboxylic acids is 3. The van der Waals surface area contributed by atoms with Crippen LogP contribution in [0.2, 0.25) is 0 Å². The zero-order valence-corrected chi connectivity index (χ0v) is 33.9. The zero-order chi connectivity index (χ0) is 44.5. The fourth-order valence-electron chi connectivity index (χ4n) is 7.54. The number of aliphatic hydroxyl groups is 2.